The molecule has 2 rings (SSSR count). The fourth-order valence-electron chi connectivity index (χ4n) is 2.95. The van der Waals surface area contributed by atoms with Crippen molar-refractivity contribution in [3.05, 3.63) is 35.4 Å². The SMILES string of the molecule is CC(C)(C(=O)O)c1ccc(C(=O)CCCN2CCC(O)CC2)cc1. The maximum absolute atomic E-state index is 12.3. The Hall–Kier alpha value is -1.72. The summed E-state index contributed by atoms with van der Waals surface area (Å²) in [4.78, 5) is 25.8. The fraction of sp³-hybridized carbons (Fsp3) is 0.579. The molecule has 0 atom stereocenters. The Kier molecular flexibility index (Phi) is 6.13. The van der Waals surface area contributed by atoms with Gasteiger partial charge in [-0.1, -0.05) is 24.3 Å². The Morgan fingerprint density at radius 1 is 1.17 bits per heavy atom. The van der Waals surface area contributed by atoms with Crippen LogP contribution in [0.15, 0.2) is 24.3 Å². The van der Waals surface area contributed by atoms with E-state index >= 15 is 0 Å². The molecule has 2 N–H and O–H groups in total. The minimum absolute atomic E-state index is 0.0896. The van der Waals surface area contributed by atoms with Gasteiger partial charge in [0, 0.05) is 25.1 Å². The van der Waals surface area contributed by atoms with Crippen molar-refractivity contribution < 1.29 is 19.8 Å². The van der Waals surface area contributed by atoms with Crippen LogP contribution in [0.2, 0.25) is 0 Å². The molecule has 0 aliphatic carbocycles. The molecule has 1 aliphatic heterocycles. The lowest BCUT2D eigenvalue weighted by Gasteiger charge is -2.29. The van der Waals surface area contributed by atoms with Crippen LogP contribution in [0.1, 0.15) is 55.5 Å². The number of hydrogen-bond donors (Lipinski definition) is 2. The average molecular weight is 333 g/mol. The third-order valence-corrected chi connectivity index (χ3v) is 4.90. The maximum atomic E-state index is 12.3. The first kappa shape index (κ1) is 18.6. The van der Waals surface area contributed by atoms with Crippen LogP contribution in [-0.4, -0.2) is 52.6 Å². The number of likely N-dealkylation sites (tertiary alicyclic amines) is 1. The summed E-state index contributed by atoms with van der Waals surface area (Å²) >= 11 is 0. The molecule has 1 aromatic rings. The molecule has 24 heavy (non-hydrogen) atoms. The van der Waals surface area contributed by atoms with Gasteiger partial charge in [0.2, 0.25) is 0 Å². The van der Waals surface area contributed by atoms with Crippen LogP contribution >= 0.6 is 0 Å². The van der Waals surface area contributed by atoms with E-state index in [2.05, 4.69) is 4.90 Å². The summed E-state index contributed by atoms with van der Waals surface area (Å²) in [6.07, 6.45) is 2.75. The number of aliphatic hydroxyl groups excluding tert-OH is 1. The number of carbonyl (C=O) groups excluding carboxylic acids is 1. The molecule has 1 heterocycles. The zero-order valence-corrected chi connectivity index (χ0v) is 14.5. The highest BCUT2D eigenvalue weighted by Gasteiger charge is 2.29. The van der Waals surface area contributed by atoms with Crippen LogP contribution in [0, 0.1) is 0 Å². The van der Waals surface area contributed by atoms with E-state index in [1.807, 2.05) is 0 Å². The number of hydrogen-bond acceptors (Lipinski definition) is 4. The lowest BCUT2D eigenvalue weighted by atomic mass is 9.84. The zero-order valence-electron chi connectivity index (χ0n) is 14.5. The molecule has 0 radical (unpaired) electrons. The predicted octanol–water partition coefficient (Wildman–Crippen LogP) is 2.47. The molecule has 0 amide bonds. The smallest absolute Gasteiger partial charge is 0.313 e. The van der Waals surface area contributed by atoms with Gasteiger partial charge in [-0.05, 0) is 45.2 Å². The molecule has 0 unspecified atom stereocenters. The van der Waals surface area contributed by atoms with Crippen LogP contribution < -0.4 is 0 Å². The number of carboxylic acids is 1. The fourth-order valence-corrected chi connectivity index (χ4v) is 2.95. The minimum Gasteiger partial charge on any atom is -0.481 e. The van der Waals surface area contributed by atoms with E-state index in [1.165, 1.54) is 0 Å². The van der Waals surface area contributed by atoms with E-state index in [9.17, 15) is 19.8 Å². The molecular weight excluding hydrogens is 306 g/mol. The number of carbonyl (C=O) groups is 2. The second kappa shape index (κ2) is 7.90. The highest BCUT2D eigenvalue weighted by Crippen LogP contribution is 2.24. The van der Waals surface area contributed by atoms with Gasteiger partial charge in [0.25, 0.3) is 0 Å². The summed E-state index contributed by atoms with van der Waals surface area (Å²) in [6.45, 7) is 5.98. The molecule has 0 saturated carbocycles. The monoisotopic (exact) mass is 333 g/mol. The van der Waals surface area contributed by atoms with Gasteiger partial charge in [-0.25, -0.2) is 0 Å². The molecule has 0 aromatic heterocycles. The normalized spacial score (nSPS) is 17.0. The molecule has 1 aromatic carbocycles. The molecule has 1 aliphatic rings. The van der Waals surface area contributed by atoms with E-state index in [0.717, 1.165) is 38.9 Å². The van der Waals surface area contributed by atoms with Gasteiger partial charge in [-0.2, -0.15) is 0 Å². The lowest BCUT2D eigenvalue weighted by Crippen LogP contribution is -2.36. The molecule has 1 saturated heterocycles. The van der Waals surface area contributed by atoms with Gasteiger partial charge in [-0.3, -0.25) is 9.59 Å². The summed E-state index contributed by atoms with van der Waals surface area (Å²) in [7, 11) is 0. The van der Waals surface area contributed by atoms with Crippen molar-refractivity contribution in [2.24, 2.45) is 0 Å². The Morgan fingerprint density at radius 2 is 1.75 bits per heavy atom. The van der Waals surface area contributed by atoms with Crippen LogP contribution in [-0.2, 0) is 10.2 Å². The molecule has 5 nitrogen and oxygen atoms in total. The van der Waals surface area contributed by atoms with Crippen LogP contribution in [0.4, 0.5) is 0 Å². The van der Waals surface area contributed by atoms with Gasteiger partial charge in [-0.15, -0.1) is 0 Å². The Morgan fingerprint density at radius 3 is 2.29 bits per heavy atom. The topological polar surface area (TPSA) is 77.8 Å². The third kappa shape index (κ3) is 4.65. The predicted molar refractivity (Wildman–Crippen MR) is 92.3 cm³/mol. The molecule has 132 valence electrons. The second-order valence-corrected chi connectivity index (χ2v) is 7.11. The van der Waals surface area contributed by atoms with E-state index in [-0.39, 0.29) is 11.9 Å². The molecule has 0 spiro atoms. The zero-order chi connectivity index (χ0) is 17.7. The van der Waals surface area contributed by atoms with Gasteiger partial charge < -0.3 is 15.1 Å². The number of aliphatic carboxylic acids is 1. The molecule has 5 heteroatoms. The second-order valence-electron chi connectivity index (χ2n) is 7.11. The number of ketones is 1. The first-order chi connectivity index (χ1) is 11.3. The number of Topliss-reactive ketones (excluding diaryl/α,β-unsaturated/α-hetero) is 1. The number of benzene rings is 1. The highest BCUT2D eigenvalue weighted by molar-refractivity contribution is 5.96. The van der Waals surface area contributed by atoms with Crippen molar-refractivity contribution in [1.29, 1.82) is 0 Å². The van der Waals surface area contributed by atoms with Crippen molar-refractivity contribution >= 4 is 11.8 Å². The van der Waals surface area contributed by atoms with Crippen molar-refractivity contribution in [2.75, 3.05) is 19.6 Å². The number of rotatable bonds is 7. The lowest BCUT2D eigenvalue weighted by molar-refractivity contribution is -0.142. The maximum Gasteiger partial charge on any atom is 0.313 e. The summed E-state index contributed by atoms with van der Waals surface area (Å²) in [5, 5.41) is 18.7. The highest BCUT2D eigenvalue weighted by atomic mass is 16.4. The number of piperidine rings is 1. The van der Waals surface area contributed by atoms with E-state index in [0.29, 0.717) is 17.5 Å². The van der Waals surface area contributed by atoms with Crippen molar-refractivity contribution in [1.82, 2.24) is 4.90 Å². The van der Waals surface area contributed by atoms with Crippen LogP contribution in [0.3, 0.4) is 0 Å². The number of carboxylic acid groups (broad SMARTS) is 1. The minimum atomic E-state index is -0.958. The summed E-state index contributed by atoms with van der Waals surface area (Å²) in [5.41, 5.74) is 0.368. The first-order valence-electron chi connectivity index (χ1n) is 8.58. The van der Waals surface area contributed by atoms with Crippen LogP contribution in [0.25, 0.3) is 0 Å². The number of nitrogens with zero attached hydrogens (tertiary/aromatic N) is 1. The van der Waals surface area contributed by atoms with Crippen molar-refractivity contribution in [2.45, 2.75) is 51.0 Å². The van der Waals surface area contributed by atoms with E-state index in [1.54, 1.807) is 38.1 Å². The Balaban J connectivity index is 1.83. The average Bonchev–Trinajstić information content (AvgIpc) is 2.56. The van der Waals surface area contributed by atoms with Crippen LogP contribution in [0.5, 0.6) is 0 Å². The largest absolute Gasteiger partial charge is 0.481 e. The van der Waals surface area contributed by atoms with Gasteiger partial charge in [0.15, 0.2) is 5.78 Å². The van der Waals surface area contributed by atoms with E-state index < -0.39 is 11.4 Å². The summed E-state index contributed by atoms with van der Waals surface area (Å²) in [5.74, 6) is -0.792. The van der Waals surface area contributed by atoms with Gasteiger partial charge in [0.05, 0.1) is 11.5 Å². The van der Waals surface area contributed by atoms with Gasteiger partial charge in [0.1, 0.15) is 0 Å². The Bertz CT molecular complexity index is 572. The summed E-state index contributed by atoms with van der Waals surface area (Å²) < 4.78 is 0. The molecular formula is C19H27NO4. The standard InChI is InChI=1S/C19H27NO4/c1-19(2,18(23)24)15-7-5-14(6-8-15)17(22)4-3-11-20-12-9-16(21)10-13-20/h5-8,16,21H,3-4,9-13H2,1-2H3,(H,23,24). The molecule has 0 bridgehead atoms. The first-order valence-corrected chi connectivity index (χ1v) is 8.58. The van der Waals surface area contributed by atoms with Crippen molar-refractivity contribution in [3.8, 4) is 0 Å². The summed E-state index contributed by atoms with van der Waals surface area (Å²) in [6, 6.07) is 6.90. The molecule has 1 fully saturated rings. The van der Waals surface area contributed by atoms with E-state index in [4.69, 9.17) is 0 Å². The number of aliphatic hydroxyl groups is 1. The van der Waals surface area contributed by atoms with Crippen molar-refractivity contribution in [3.63, 3.8) is 0 Å². The third-order valence-electron chi connectivity index (χ3n) is 4.90. The quantitative estimate of drug-likeness (QED) is 0.750. The van der Waals surface area contributed by atoms with Gasteiger partial charge >= 0.3 is 5.97 Å². The Labute approximate surface area is 143 Å².